The second kappa shape index (κ2) is 8.98. The molecule has 27 heavy (non-hydrogen) atoms. The summed E-state index contributed by atoms with van der Waals surface area (Å²) < 4.78 is 0. The zero-order valence-corrected chi connectivity index (χ0v) is 15.5. The van der Waals surface area contributed by atoms with Crippen LogP contribution in [0.4, 0.5) is 5.69 Å². The second-order valence-corrected chi connectivity index (χ2v) is 6.59. The standard InChI is InChI=1S/C23H23N3O/c1-2-14-26(16-19-12-10-18(15-24)11-13-19)17-23(27)25-22-9-5-7-20-6-3-4-8-21(20)22/h3-13H,2,14,16-17H2,1H3,(H,25,27). The zero-order valence-electron chi connectivity index (χ0n) is 15.5. The number of carbonyl (C=O) groups is 1. The van der Waals surface area contributed by atoms with Crippen LogP contribution in [0.5, 0.6) is 0 Å². The molecule has 0 heterocycles. The molecule has 0 aliphatic rings. The van der Waals surface area contributed by atoms with Gasteiger partial charge in [-0.25, -0.2) is 0 Å². The summed E-state index contributed by atoms with van der Waals surface area (Å²) >= 11 is 0. The summed E-state index contributed by atoms with van der Waals surface area (Å²) in [5.41, 5.74) is 2.59. The third kappa shape index (κ3) is 4.93. The fourth-order valence-corrected chi connectivity index (χ4v) is 3.20. The van der Waals surface area contributed by atoms with Crippen molar-refractivity contribution < 1.29 is 4.79 Å². The molecule has 0 bridgehead atoms. The molecular formula is C23H23N3O. The van der Waals surface area contributed by atoms with Crippen LogP contribution in [-0.4, -0.2) is 23.9 Å². The highest BCUT2D eigenvalue weighted by atomic mass is 16.2. The van der Waals surface area contributed by atoms with Crippen LogP contribution in [-0.2, 0) is 11.3 Å². The van der Waals surface area contributed by atoms with E-state index in [1.54, 1.807) is 0 Å². The quantitative estimate of drug-likeness (QED) is 0.674. The van der Waals surface area contributed by atoms with Crippen LogP contribution in [0.3, 0.4) is 0 Å². The molecule has 0 fully saturated rings. The molecule has 1 amide bonds. The van der Waals surface area contributed by atoms with Gasteiger partial charge >= 0.3 is 0 Å². The van der Waals surface area contributed by atoms with E-state index in [9.17, 15) is 4.79 Å². The third-order valence-electron chi connectivity index (χ3n) is 4.46. The Morgan fingerprint density at radius 2 is 1.78 bits per heavy atom. The molecule has 0 aliphatic carbocycles. The fraction of sp³-hybridized carbons (Fsp3) is 0.217. The van der Waals surface area contributed by atoms with Crippen molar-refractivity contribution >= 4 is 22.4 Å². The lowest BCUT2D eigenvalue weighted by atomic mass is 10.1. The Labute approximate surface area is 160 Å². The van der Waals surface area contributed by atoms with Gasteiger partial charge in [-0.2, -0.15) is 5.26 Å². The molecular weight excluding hydrogens is 334 g/mol. The Hall–Kier alpha value is -3.16. The van der Waals surface area contributed by atoms with Crippen molar-refractivity contribution in [2.24, 2.45) is 0 Å². The lowest BCUT2D eigenvalue weighted by Crippen LogP contribution is -2.33. The van der Waals surface area contributed by atoms with Gasteiger partial charge < -0.3 is 5.32 Å². The molecule has 1 N–H and O–H groups in total. The number of amides is 1. The summed E-state index contributed by atoms with van der Waals surface area (Å²) in [6.45, 7) is 3.96. The number of rotatable bonds is 7. The number of nitrogens with zero attached hydrogens (tertiary/aromatic N) is 2. The van der Waals surface area contributed by atoms with Crippen molar-refractivity contribution in [2.45, 2.75) is 19.9 Å². The molecule has 0 saturated carbocycles. The van der Waals surface area contributed by atoms with Crippen molar-refractivity contribution in [3.05, 3.63) is 77.9 Å². The van der Waals surface area contributed by atoms with E-state index in [-0.39, 0.29) is 5.91 Å². The van der Waals surface area contributed by atoms with Crippen molar-refractivity contribution in [3.8, 4) is 6.07 Å². The smallest absolute Gasteiger partial charge is 0.238 e. The summed E-state index contributed by atoms with van der Waals surface area (Å²) in [4.78, 5) is 14.8. The number of carbonyl (C=O) groups excluding carboxylic acids is 1. The van der Waals surface area contributed by atoms with Gasteiger partial charge in [-0.3, -0.25) is 9.69 Å². The van der Waals surface area contributed by atoms with Crippen LogP contribution in [0.15, 0.2) is 66.7 Å². The molecule has 3 rings (SSSR count). The number of anilines is 1. The summed E-state index contributed by atoms with van der Waals surface area (Å²) in [6.07, 6.45) is 0.970. The maximum Gasteiger partial charge on any atom is 0.238 e. The highest BCUT2D eigenvalue weighted by Gasteiger charge is 2.12. The molecule has 0 aromatic heterocycles. The predicted octanol–water partition coefficient (Wildman–Crippen LogP) is 4.56. The van der Waals surface area contributed by atoms with Gasteiger partial charge in [0.2, 0.25) is 5.91 Å². The maximum atomic E-state index is 12.6. The van der Waals surface area contributed by atoms with Gasteiger partial charge in [-0.05, 0) is 42.1 Å². The first kappa shape index (κ1) is 18.6. The fourth-order valence-electron chi connectivity index (χ4n) is 3.20. The number of fused-ring (bicyclic) bond motifs is 1. The van der Waals surface area contributed by atoms with Gasteiger partial charge in [0.25, 0.3) is 0 Å². The number of benzene rings is 3. The van der Waals surface area contributed by atoms with E-state index < -0.39 is 0 Å². The largest absolute Gasteiger partial charge is 0.324 e. The molecule has 136 valence electrons. The second-order valence-electron chi connectivity index (χ2n) is 6.59. The van der Waals surface area contributed by atoms with Gasteiger partial charge in [0.1, 0.15) is 0 Å². The minimum absolute atomic E-state index is 0.0200. The monoisotopic (exact) mass is 357 g/mol. The zero-order chi connectivity index (χ0) is 19.1. The average molecular weight is 357 g/mol. The molecule has 0 spiro atoms. The first-order chi connectivity index (χ1) is 13.2. The molecule has 0 unspecified atom stereocenters. The van der Waals surface area contributed by atoms with Crippen molar-refractivity contribution in [2.75, 3.05) is 18.4 Å². The normalized spacial score (nSPS) is 10.7. The van der Waals surface area contributed by atoms with Crippen LogP contribution in [0.1, 0.15) is 24.5 Å². The SMILES string of the molecule is CCCN(CC(=O)Nc1cccc2ccccc12)Cc1ccc(C#N)cc1. The van der Waals surface area contributed by atoms with Gasteiger partial charge in [0, 0.05) is 17.6 Å². The Bertz CT molecular complexity index is 952. The molecule has 0 aliphatic heterocycles. The van der Waals surface area contributed by atoms with E-state index in [1.165, 1.54) is 0 Å². The molecule has 0 atom stereocenters. The van der Waals surface area contributed by atoms with Gasteiger partial charge in [-0.15, -0.1) is 0 Å². The highest BCUT2D eigenvalue weighted by Crippen LogP contribution is 2.22. The molecule has 0 saturated heterocycles. The Morgan fingerprint density at radius 3 is 2.52 bits per heavy atom. The lowest BCUT2D eigenvalue weighted by Gasteiger charge is -2.21. The number of hydrogen-bond acceptors (Lipinski definition) is 3. The molecule has 3 aromatic rings. The Kier molecular flexibility index (Phi) is 6.19. The predicted molar refractivity (Wildman–Crippen MR) is 109 cm³/mol. The van der Waals surface area contributed by atoms with E-state index in [0.29, 0.717) is 18.7 Å². The van der Waals surface area contributed by atoms with Crippen molar-refractivity contribution in [3.63, 3.8) is 0 Å². The maximum absolute atomic E-state index is 12.6. The van der Waals surface area contributed by atoms with Gasteiger partial charge in [-0.1, -0.05) is 55.5 Å². The third-order valence-corrected chi connectivity index (χ3v) is 4.46. The van der Waals surface area contributed by atoms with E-state index in [1.807, 2.05) is 66.7 Å². The van der Waals surface area contributed by atoms with Crippen LogP contribution in [0.25, 0.3) is 10.8 Å². The van der Waals surface area contributed by atoms with Crippen molar-refractivity contribution in [1.29, 1.82) is 5.26 Å². The topological polar surface area (TPSA) is 56.1 Å². The first-order valence-corrected chi connectivity index (χ1v) is 9.18. The average Bonchev–Trinajstić information content (AvgIpc) is 2.69. The van der Waals surface area contributed by atoms with Crippen LogP contribution >= 0.6 is 0 Å². The van der Waals surface area contributed by atoms with Crippen molar-refractivity contribution in [1.82, 2.24) is 4.90 Å². The Morgan fingerprint density at radius 1 is 1.04 bits per heavy atom. The number of nitrogens with one attached hydrogen (secondary N) is 1. The molecule has 3 aromatic carbocycles. The van der Waals surface area contributed by atoms with E-state index in [2.05, 4.69) is 23.2 Å². The molecule has 4 nitrogen and oxygen atoms in total. The summed E-state index contributed by atoms with van der Waals surface area (Å²) in [7, 11) is 0. The lowest BCUT2D eigenvalue weighted by molar-refractivity contribution is -0.117. The summed E-state index contributed by atoms with van der Waals surface area (Å²) in [5.74, 6) is -0.0200. The van der Waals surface area contributed by atoms with Crippen LogP contribution in [0.2, 0.25) is 0 Å². The Balaban J connectivity index is 1.68. The highest BCUT2D eigenvalue weighted by molar-refractivity contribution is 6.02. The molecule has 4 heteroatoms. The minimum Gasteiger partial charge on any atom is -0.324 e. The van der Waals surface area contributed by atoms with Crippen LogP contribution in [0, 0.1) is 11.3 Å². The van der Waals surface area contributed by atoms with E-state index in [4.69, 9.17) is 5.26 Å². The van der Waals surface area contributed by atoms with E-state index in [0.717, 1.165) is 35.0 Å². The van der Waals surface area contributed by atoms with E-state index >= 15 is 0 Å². The number of nitriles is 1. The molecule has 0 radical (unpaired) electrons. The summed E-state index contributed by atoms with van der Waals surface area (Å²) in [5, 5.41) is 14.1. The minimum atomic E-state index is -0.0200. The van der Waals surface area contributed by atoms with Crippen LogP contribution < -0.4 is 5.32 Å². The summed E-state index contributed by atoms with van der Waals surface area (Å²) in [6, 6.07) is 23.6. The van der Waals surface area contributed by atoms with Gasteiger partial charge in [0.15, 0.2) is 0 Å². The first-order valence-electron chi connectivity index (χ1n) is 9.18. The number of hydrogen-bond donors (Lipinski definition) is 1. The van der Waals surface area contributed by atoms with Gasteiger partial charge in [0.05, 0.1) is 18.2 Å².